The lowest BCUT2D eigenvalue weighted by atomic mass is 10.0. The molecule has 6 heteroatoms. The van der Waals surface area contributed by atoms with Crippen LogP contribution in [0.15, 0.2) is 29.2 Å². The predicted molar refractivity (Wildman–Crippen MR) is 89.8 cm³/mol. The van der Waals surface area contributed by atoms with Gasteiger partial charge in [-0.15, -0.1) is 11.8 Å². The molecule has 23 heavy (non-hydrogen) atoms. The highest BCUT2D eigenvalue weighted by Gasteiger charge is 2.40. The molecule has 2 fully saturated rings. The van der Waals surface area contributed by atoms with Gasteiger partial charge >= 0.3 is 0 Å². The molecule has 2 saturated heterocycles. The van der Waals surface area contributed by atoms with E-state index in [4.69, 9.17) is 9.47 Å². The van der Waals surface area contributed by atoms with E-state index in [-0.39, 0.29) is 11.7 Å². The van der Waals surface area contributed by atoms with E-state index in [1.807, 2.05) is 34.9 Å². The van der Waals surface area contributed by atoms with Crippen LogP contribution in [-0.4, -0.2) is 61.7 Å². The summed E-state index contributed by atoms with van der Waals surface area (Å²) in [7, 11) is 0. The first-order valence-electron chi connectivity index (χ1n) is 8.28. The molecule has 0 bridgehead atoms. The fraction of sp³-hybridized carbons (Fsp3) is 0.588. The Morgan fingerprint density at radius 1 is 1.13 bits per heavy atom. The topological polar surface area (TPSA) is 42.0 Å². The second kappa shape index (κ2) is 6.43. The molecule has 0 atom stereocenters. The molecule has 5 nitrogen and oxygen atoms in total. The molecule has 1 aromatic rings. The maximum absolute atomic E-state index is 12.8. The zero-order valence-corrected chi connectivity index (χ0v) is 14.0. The third-order valence-corrected chi connectivity index (χ3v) is 5.86. The monoisotopic (exact) mass is 334 g/mol. The SMILES string of the molecule is O=C(CN1CCC2(CC1)OCCO2)N1CCSc2ccccc21. The molecule has 1 aromatic carbocycles. The molecule has 0 radical (unpaired) electrons. The highest BCUT2D eigenvalue weighted by atomic mass is 32.2. The summed E-state index contributed by atoms with van der Waals surface area (Å²) in [5.41, 5.74) is 1.06. The van der Waals surface area contributed by atoms with Crippen molar-refractivity contribution in [3.63, 3.8) is 0 Å². The van der Waals surface area contributed by atoms with E-state index < -0.39 is 0 Å². The first kappa shape index (κ1) is 15.4. The number of anilines is 1. The number of thioether (sulfide) groups is 1. The van der Waals surface area contributed by atoms with Gasteiger partial charge < -0.3 is 14.4 Å². The van der Waals surface area contributed by atoms with Crippen LogP contribution in [-0.2, 0) is 14.3 Å². The van der Waals surface area contributed by atoms with Crippen LogP contribution in [0.5, 0.6) is 0 Å². The molecule has 3 aliphatic heterocycles. The van der Waals surface area contributed by atoms with Gasteiger partial charge in [-0.2, -0.15) is 0 Å². The van der Waals surface area contributed by atoms with Gasteiger partial charge in [-0.3, -0.25) is 9.69 Å². The number of benzene rings is 1. The van der Waals surface area contributed by atoms with Crippen LogP contribution in [0.2, 0.25) is 0 Å². The summed E-state index contributed by atoms with van der Waals surface area (Å²) in [6.07, 6.45) is 1.71. The smallest absolute Gasteiger partial charge is 0.241 e. The second-order valence-electron chi connectivity index (χ2n) is 6.25. The first-order valence-corrected chi connectivity index (χ1v) is 9.27. The minimum Gasteiger partial charge on any atom is -0.347 e. The largest absolute Gasteiger partial charge is 0.347 e. The Labute approximate surface area is 140 Å². The molecule has 0 unspecified atom stereocenters. The Hall–Kier alpha value is -1.08. The van der Waals surface area contributed by atoms with Crippen molar-refractivity contribution in [1.82, 2.24) is 4.90 Å². The summed E-state index contributed by atoms with van der Waals surface area (Å²) in [6, 6.07) is 8.18. The van der Waals surface area contributed by atoms with Crippen molar-refractivity contribution < 1.29 is 14.3 Å². The zero-order chi connectivity index (χ0) is 15.7. The summed E-state index contributed by atoms with van der Waals surface area (Å²) in [5, 5.41) is 0. The highest BCUT2D eigenvalue weighted by molar-refractivity contribution is 7.99. The summed E-state index contributed by atoms with van der Waals surface area (Å²) in [6.45, 7) is 4.38. The molecule has 1 amide bonds. The van der Waals surface area contributed by atoms with Crippen LogP contribution in [0.4, 0.5) is 5.69 Å². The molecule has 0 N–H and O–H groups in total. The number of piperidine rings is 1. The van der Waals surface area contributed by atoms with Gasteiger partial charge in [-0.1, -0.05) is 12.1 Å². The summed E-state index contributed by atoms with van der Waals surface area (Å²) < 4.78 is 11.5. The van der Waals surface area contributed by atoms with Crippen molar-refractivity contribution in [2.45, 2.75) is 23.5 Å². The number of para-hydroxylation sites is 1. The van der Waals surface area contributed by atoms with Crippen molar-refractivity contribution in [2.75, 3.05) is 50.0 Å². The van der Waals surface area contributed by atoms with Gasteiger partial charge in [0.2, 0.25) is 5.91 Å². The van der Waals surface area contributed by atoms with Gasteiger partial charge in [0.05, 0.1) is 25.4 Å². The molecule has 4 rings (SSSR count). The van der Waals surface area contributed by atoms with Gasteiger partial charge in [0.1, 0.15) is 0 Å². The lowest BCUT2D eigenvalue weighted by Gasteiger charge is -2.38. The zero-order valence-electron chi connectivity index (χ0n) is 13.2. The molecule has 0 aromatic heterocycles. The Morgan fingerprint density at radius 2 is 1.87 bits per heavy atom. The van der Waals surface area contributed by atoms with Gasteiger partial charge in [0, 0.05) is 43.1 Å². The first-order chi connectivity index (χ1) is 11.3. The van der Waals surface area contributed by atoms with Crippen LogP contribution in [0.25, 0.3) is 0 Å². The van der Waals surface area contributed by atoms with Crippen LogP contribution in [0.3, 0.4) is 0 Å². The lowest BCUT2D eigenvalue weighted by molar-refractivity contribution is -0.185. The van der Waals surface area contributed by atoms with E-state index in [0.29, 0.717) is 19.8 Å². The molecule has 1 spiro atoms. The number of nitrogens with zero attached hydrogens (tertiary/aromatic N) is 2. The summed E-state index contributed by atoms with van der Waals surface area (Å²) in [4.78, 5) is 18.1. The minimum atomic E-state index is -0.367. The standard InChI is InChI=1S/C17H22N2O3S/c20-16(19-9-12-23-15-4-2-1-3-14(15)19)13-18-7-5-17(6-8-18)21-10-11-22-17/h1-4H,5-13H2. The molecule has 3 heterocycles. The maximum atomic E-state index is 12.8. The van der Waals surface area contributed by atoms with E-state index in [2.05, 4.69) is 11.0 Å². The van der Waals surface area contributed by atoms with Gasteiger partial charge in [0.25, 0.3) is 0 Å². The molecular weight excluding hydrogens is 312 g/mol. The van der Waals surface area contributed by atoms with E-state index in [9.17, 15) is 4.79 Å². The Morgan fingerprint density at radius 3 is 2.65 bits per heavy atom. The molecule has 0 saturated carbocycles. The maximum Gasteiger partial charge on any atom is 0.241 e. The van der Waals surface area contributed by atoms with Gasteiger partial charge in [0.15, 0.2) is 5.79 Å². The van der Waals surface area contributed by atoms with Crippen molar-refractivity contribution in [2.24, 2.45) is 0 Å². The van der Waals surface area contributed by atoms with Crippen LogP contribution in [0, 0.1) is 0 Å². The van der Waals surface area contributed by atoms with Crippen LogP contribution in [0.1, 0.15) is 12.8 Å². The van der Waals surface area contributed by atoms with Crippen LogP contribution >= 0.6 is 11.8 Å². The molecule has 0 aliphatic carbocycles. The minimum absolute atomic E-state index is 0.196. The molecule has 124 valence electrons. The lowest BCUT2D eigenvalue weighted by Crippen LogP contribution is -2.49. The number of fused-ring (bicyclic) bond motifs is 1. The number of carbonyl (C=O) groups is 1. The number of amides is 1. The van der Waals surface area contributed by atoms with E-state index in [0.717, 1.165) is 43.9 Å². The van der Waals surface area contributed by atoms with Crippen molar-refractivity contribution >= 4 is 23.4 Å². The normalized spacial score (nSPS) is 23.9. The highest BCUT2D eigenvalue weighted by Crippen LogP contribution is 2.35. The number of hydrogen-bond acceptors (Lipinski definition) is 5. The van der Waals surface area contributed by atoms with Crippen molar-refractivity contribution in [1.29, 1.82) is 0 Å². The third-order valence-electron chi connectivity index (χ3n) is 4.82. The van der Waals surface area contributed by atoms with E-state index in [1.165, 1.54) is 4.90 Å². The molecular formula is C17H22N2O3S. The Bertz CT molecular complexity index is 579. The Kier molecular flexibility index (Phi) is 4.32. The summed E-state index contributed by atoms with van der Waals surface area (Å²) >= 11 is 1.83. The van der Waals surface area contributed by atoms with E-state index >= 15 is 0 Å². The Balaban J connectivity index is 1.38. The number of ether oxygens (including phenoxy) is 2. The number of rotatable bonds is 2. The van der Waals surface area contributed by atoms with Crippen molar-refractivity contribution in [3.8, 4) is 0 Å². The quantitative estimate of drug-likeness (QED) is 0.827. The van der Waals surface area contributed by atoms with E-state index in [1.54, 1.807) is 0 Å². The second-order valence-corrected chi connectivity index (χ2v) is 7.38. The number of hydrogen-bond donors (Lipinski definition) is 0. The predicted octanol–water partition coefficient (Wildman–Crippen LogP) is 1.96. The average molecular weight is 334 g/mol. The molecule has 3 aliphatic rings. The van der Waals surface area contributed by atoms with Crippen LogP contribution < -0.4 is 4.90 Å². The fourth-order valence-electron chi connectivity index (χ4n) is 3.54. The number of carbonyl (C=O) groups excluding carboxylic acids is 1. The fourth-order valence-corrected chi connectivity index (χ4v) is 4.54. The van der Waals surface area contributed by atoms with Crippen molar-refractivity contribution in [3.05, 3.63) is 24.3 Å². The number of likely N-dealkylation sites (tertiary alicyclic amines) is 1. The third kappa shape index (κ3) is 3.13. The summed E-state index contributed by atoms with van der Waals surface area (Å²) in [5.74, 6) is 0.795. The average Bonchev–Trinajstić information content (AvgIpc) is 3.05. The van der Waals surface area contributed by atoms with Gasteiger partial charge in [-0.25, -0.2) is 0 Å². The van der Waals surface area contributed by atoms with Gasteiger partial charge in [-0.05, 0) is 12.1 Å².